The normalized spacial score (nSPS) is 10.3. The Hall–Kier alpha value is -2.01. The number of aromatic nitrogens is 2. The number of benzene rings is 1. The maximum absolute atomic E-state index is 13.6. The summed E-state index contributed by atoms with van der Waals surface area (Å²) in [5.74, 6) is -0.528. The van der Waals surface area contributed by atoms with Crippen molar-refractivity contribution in [3.05, 3.63) is 47.0 Å². The van der Waals surface area contributed by atoms with Gasteiger partial charge < -0.3 is 4.74 Å². The summed E-state index contributed by atoms with van der Waals surface area (Å²) in [6, 6.07) is 6.19. The van der Waals surface area contributed by atoms with Crippen molar-refractivity contribution in [2.24, 2.45) is 0 Å². The van der Waals surface area contributed by atoms with Crippen molar-refractivity contribution in [2.75, 3.05) is 7.11 Å². The fourth-order valence-corrected chi connectivity index (χ4v) is 1.89. The lowest BCUT2D eigenvalue weighted by atomic mass is 10.1. The Balaban J connectivity index is 2.22. The van der Waals surface area contributed by atoms with Crippen LogP contribution in [0.15, 0.2) is 30.5 Å². The number of hydrogen-bond donors (Lipinski definition) is 0. The molecule has 6 heteroatoms. The summed E-state index contributed by atoms with van der Waals surface area (Å²) in [6.07, 6.45) is 2.07. The predicted octanol–water partition coefficient (Wildman–Crippen LogP) is 3.04. The second-order valence-corrected chi connectivity index (χ2v) is 4.42. The Labute approximate surface area is 120 Å². The molecule has 104 valence electrons. The van der Waals surface area contributed by atoms with Crippen molar-refractivity contribution in [2.45, 2.75) is 12.8 Å². The first-order chi connectivity index (χ1) is 9.61. The van der Waals surface area contributed by atoms with Gasteiger partial charge in [0.2, 0.25) is 0 Å². The lowest BCUT2D eigenvalue weighted by Crippen LogP contribution is -2.03. The highest BCUT2D eigenvalue weighted by Crippen LogP contribution is 2.22. The summed E-state index contributed by atoms with van der Waals surface area (Å²) >= 11 is 6.03. The van der Waals surface area contributed by atoms with E-state index in [1.165, 1.54) is 19.4 Å². The van der Waals surface area contributed by atoms with Crippen LogP contribution in [0.4, 0.5) is 4.39 Å². The smallest absolute Gasteiger partial charge is 0.305 e. The Morgan fingerprint density at radius 3 is 2.80 bits per heavy atom. The Morgan fingerprint density at radius 1 is 1.40 bits per heavy atom. The van der Waals surface area contributed by atoms with Gasteiger partial charge in [0.1, 0.15) is 11.0 Å². The second-order valence-electron chi connectivity index (χ2n) is 4.07. The van der Waals surface area contributed by atoms with Gasteiger partial charge in [0.05, 0.1) is 12.7 Å². The van der Waals surface area contributed by atoms with E-state index in [0.29, 0.717) is 12.0 Å². The van der Waals surface area contributed by atoms with Crippen LogP contribution in [0.1, 0.15) is 12.0 Å². The molecule has 2 rings (SSSR count). The van der Waals surface area contributed by atoms with E-state index in [2.05, 4.69) is 14.7 Å². The Morgan fingerprint density at radius 2 is 2.15 bits per heavy atom. The number of ether oxygens (including phenoxy) is 1. The van der Waals surface area contributed by atoms with E-state index >= 15 is 0 Å². The van der Waals surface area contributed by atoms with Gasteiger partial charge in [-0.15, -0.1) is 0 Å². The van der Waals surface area contributed by atoms with Crippen LogP contribution in [-0.2, 0) is 16.0 Å². The molecule has 20 heavy (non-hydrogen) atoms. The third-order valence-electron chi connectivity index (χ3n) is 2.75. The zero-order chi connectivity index (χ0) is 14.5. The fourth-order valence-electron chi connectivity index (χ4n) is 1.66. The van der Waals surface area contributed by atoms with Gasteiger partial charge in [0, 0.05) is 18.2 Å². The quantitative estimate of drug-likeness (QED) is 0.642. The third kappa shape index (κ3) is 3.30. The molecule has 0 unspecified atom stereocenters. The van der Waals surface area contributed by atoms with Gasteiger partial charge in [-0.2, -0.15) is 0 Å². The summed E-state index contributed by atoms with van der Waals surface area (Å²) in [5, 5.41) is 0.210. The van der Waals surface area contributed by atoms with E-state index in [1.54, 1.807) is 18.2 Å². The topological polar surface area (TPSA) is 52.1 Å². The average molecular weight is 295 g/mol. The summed E-state index contributed by atoms with van der Waals surface area (Å²) in [4.78, 5) is 19.2. The van der Waals surface area contributed by atoms with Gasteiger partial charge in [-0.25, -0.2) is 14.4 Å². The molecule has 2 aromatic rings. The molecular formula is C14H12ClFN2O2. The molecule has 0 aliphatic heterocycles. The van der Waals surface area contributed by atoms with Gasteiger partial charge in [-0.1, -0.05) is 23.7 Å². The highest BCUT2D eigenvalue weighted by Gasteiger charge is 2.11. The number of aryl methyl sites for hydroxylation is 1. The van der Waals surface area contributed by atoms with Crippen LogP contribution in [0.5, 0.6) is 0 Å². The van der Waals surface area contributed by atoms with E-state index in [-0.39, 0.29) is 28.9 Å². The standard InChI is InChI=1S/C14H12ClFN2O2/c1-20-12(19)7-6-9-8-17-14(18-13(9)15)10-4-2-3-5-11(10)16/h2-5,8H,6-7H2,1H3. The zero-order valence-electron chi connectivity index (χ0n) is 10.8. The summed E-state index contributed by atoms with van der Waals surface area (Å²) in [7, 11) is 1.32. The number of carbonyl (C=O) groups excluding carboxylic acids is 1. The second kappa shape index (κ2) is 6.43. The van der Waals surface area contributed by atoms with Crippen LogP contribution in [0, 0.1) is 5.82 Å². The van der Waals surface area contributed by atoms with Crippen LogP contribution in [0.25, 0.3) is 11.4 Å². The highest BCUT2D eigenvalue weighted by atomic mass is 35.5. The first-order valence-electron chi connectivity index (χ1n) is 5.95. The molecule has 0 aliphatic rings. The van der Waals surface area contributed by atoms with Gasteiger partial charge in [0.25, 0.3) is 0 Å². The molecule has 0 amide bonds. The summed E-state index contributed by atoms with van der Waals surface area (Å²) < 4.78 is 18.2. The lowest BCUT2D eigenvalue weighted by molar-refractivity contribution is -0.140. The lowest BCUT2D eigenvalue weighted by Gasteiger charge is -2.06. The molecule has 0 aliphatic carbocycles. The number of halogens is 2. The summed E-state index contributed by atoms with van der Waals surface area (Å²) in [5.41, 5.74) is 0.908. The monoisotopic (exact) mass is 294 g/mol. The Kier molecular flexibility index (Phi) is 4.63. The number of rotatable bonds is 4. The molecule has 0 spiro atoms. The third-order valence-corrected chi connectivity index (χ3v) is 3.08. The van der Waals surface area contributed by atoms with E-state index in [9.17, 15) is 9.18 Å². The average Bonchev–Trinajstić information content (AvgIpc) is 2.46. The maximum atomic E-state index is 13.6. The molecule has 0 bridgehead atoms. The minimum atomic E-state index is -0.411. The van der Waals surface area contributed by atoms with Crippen LogP contribution in [0.3, 0.4) is 0 Å². The van der Waals surface area contributed by atoms with Crippen LogP contribution < -0.4 is 0 Å². The van der Waals surface area contributed by atoms with Crippen molar-refractivity contribution in [1.29, 1.82) is 0 Å². The van der Waals surface area contributed by atoms with Gasteiger partial charge in [-0.05, 0) is 18.6 Å². The molecule has 4 nitrogen and oxygen atoms in total. The van der Waals surface area contributed by atoms with Crippen molar-refractivity contribution < 1.29 is 13.9 Å². The number of methoxy groups -OCH3 is 1. The minimum Gasteiger partial charge on any atom is -0.469 e. The molecule has 0 saturated heterocycles. The molecule has 1 heterocycles. The van der Waals surface area contributed by atoms with Crippen molar-refractivity contribution in [1.82, 2.24) is 9.97 Å². The maximum Gasteiger partial charge on any atom is 0.305 e. The fraction of sp³-hybridized carbons (Fsp3) is 0.214. The van der Waals surface area contributed by atoms with Crippen LogP contribution in [0.2, 0.25) is 5.15 Å². The summed E-state index contributed by atoms with van der Waals surface area (Å²) in [6.45, 7) is 0. The van der Waals surface area contributed by atoms with Crippen molar-refractivity contribution in [3.63, 3.8) is 0 Å². The van der Waals surface area contributed by atoms with Gasteiger partial charge >= 0.3 is 5.97 Å². The number of carbonyl (C=O) groups is 1. The molecule has 0 N–H and O–H groups in total. The molecule has 1 aromatic heterocycles. The largest absolute Gasteiger partial charge is 0.469 e. The minimum absolute atomic E-state index is 0.193. The molecule has 0 saturated carbocycles. The van der Waals surface area contributed by atoms with Crippen molar-refractivity contribution >= 4 is 17.6 Å². The van der Waals surface area contributed by atoms with Gasteiger partial charge in [-0.3, -0.25) is 4.79 Å². The number of nitrogens with zero attached hydrogens (tertiary/aromatic N) is 2. The van der Waals surface area contributed by atoms with E-state index in [1.807, 2.05) is 0 Å². The van der Waals surface area contributed by atoms with Crippen LogP contribution >= 0.6 is 11.6 Å². The van der Waals surface area contributed by atoms with E-state index < -0.39 is 5.82 Å². The molecule has 0 atom stereocenters. The number of hydrogen-bond acceptors (Lipinski definition) is 4. The molecule has 0 fully saturated rings. The first-order valence-corrected chi connectivity index (χ1v) is 6.32. The number of esters is 1. The zero-order valence-corrected chi connectivity index (χ0v) is 11.5. The molecule has 0 radical (unpaired) electrons. The molecule has 1 aromatic carbocycles. The van der Waals surface area contributed by atoms with E-state index in [4.69, 9.17) is 11.6 Å². The highest BCUT2D eigenvalue weighted by molar-refractivity contribution is 6.30. The predicted molar refractivity (Wildman–Crippen MR) is 72.8 cm³/mol. The SMILES string of the molecule is COC(=O)CCc1cnc(-c2ccccc2F)nc1Cl. The first kappa shape index (κ1) is 14.4. The van der Waals surface area contributed by atoms with Gasteiger partial charge in [0.15, 0.2) is 5.82 Å². The van der Waals surface area contributed by atoms with Crippen LogP contribution in [-0.4, -0.2) is 23.0 Å². The van der Waals surface area contributed by atoms with E-state index in [0.717, 1.165) is 0 Å². The molecular weight excluding hydrogens is 283 g/mol. The van der Waals surface area contributed by atoms with Crippen molar-refractivity contribution in [3.8, 4) is 11.4 Å². The Bertz CT molecular complexity index is 634.